The fourth-order valence-electron chi connectivity index (χ4n) is 2.51. The summed E-state index contributed by atoms with van der Waals surface area (Å²) in [5.41, 5.74) is 6.97. The van der Waals surface area contributed by atoms with Gasteiger partial charge in [0.15, 0.2) is 17.4 Å². The second-order valence-electron chi connectivity index (χ2n) is 6.13. The van der Waals surface area contributed by atoms with E-state index < -0.39 is 28.5 Å². The van der Waals surface area contributed by atoms with Crippen LogP contribution in [0.3, 0.4) is 0 Å². The number of fused-ring (bicyclic) bond motifs is 1. The molecule has 4 aromatic rings. The number of nitrogens with zero attached hydrogens (tertiary/aromatic N) is 1. The molecule has 0 saturated heterocycles. The number of aromatic nitrogens is 2. The number of anilines is 1. The number of H-pyrrole nitrogens is 1. The van der Waals surface area contributed by atoms with Crippen molar-refractivity contribution in [3.05, 3.63) is 76.5 Å². The monoisotopic (exact) mass is 494 g/mol. The van der Waals surface area contributed by atoms with Crippen molar-refractivity contribution >= 4 is 43.7 Å². The largest absolute Gasteiger partial charge is 0.768 e. The lowest BCUT2D eigenvalue weighted by Crippen LogP contribution is -1.96. The first-order valence-corrected chi connectivity index (χ1v) is 10.3. The Balaban J connectivity index is 0.000000216. The van der Waals surface area contributed by atoms with Gasteiger partial charge in [-0.1, -0.05) is 17.7 Å². The molecule has 1 unspecified atom stereocenters. The third-order valence-electron chi connectivity index (χ3n) is 3.93. The van der Waals surface area contributed by atoms with Gasteiger partial charge in [0.1, 0.15) is 11.4 Å². The summed E-state index contributed by atoms with van der Waals surface area (Å²) in [5.74, 6) is -1.94. The lowest BCUT2D eigenvalue weighted by Gasteiger charge is -2.09. The van der Waals surface area contributed by atoms with Crippen LogP contribution in [0.1, 0.15) is 5.56 Å². The Kier molecular flexibility index (Phi) is 6.80. The van der Waals surface area contributed by atoms with Crippen LogP contribution in [-0.4, -0.2) is 18.7 Å². The Morgan fingerprint density at radius 3 is 2.40 bits per heavy atom. The number of ether oxygens (including phenoxy) is 1. The highest BCUT2D eigenvalue weighted by atomic mass is 79.9. The zero-order chi connectivity index (χ0) is 21.8. The van der Waals surface area contributed by atoms with Crippen molar-refractivity contribution in [2.75, 3.05) is 5.73 Å². The molecule has 2 heterocycles. The van der Waals surface area contributed by atoms with E-state index >= 15 is 0 Å². The molecule has 0 fully saturated rings. The van der Waals surface area contributed by atoms with E-state index in [-0.39, 0.29) is 11.4 Å². The van der Waals surface area contributed by atoms with E-state index in [1.165, 1.54) is 12.3 Å². The fraction of sp³-hybridized carbons (Fsp3) is 0.0500. The predicted molar refractivity (Wildman–Crippen MR) is 113 cm³/mol. The number of rotatable bonds is 3. The molecule has 4 rings (SSSR count). The molecule has 2 aromatic heterocycles. The van der Waals surface area contributed by atoms with Gasteiger partial charge in [0.2, 0.25) is 0 Å². The topological polar surface area (TPSA) is 104 Å². The zero-order valence-electron chi connectivity index (χ0n) is 15.5. The number of aromatic amines is 1. The molecule has 0 saturated carbocycles. The fourth-order valence-corrected chi connectivity index (χ4v) is 3.37. The lowest BCUT2D eigenvalue weighted by molar-refractivity contribution is 0.411. The molecule has 6 nitrogen and oxygen atoms in total. The Bertz CT molecular complexity index is 1190. The summed E-state index contributed by atoms with van der Waals surface area (Å²) in [7, 11) is 0. The van der Waals surface area contributed by atoms with Gasteiger partial charge >= 0.3 is 0 Å². The predicted octanol–water partition coefficient (Wildman–Crippen LogP) is 5.21. The van der Waals surface area contributed by atoms with Gasteiger partial charge in [0.25, 0.3) is 0 Å². The number of hydrogen-bond acceptors (Lipinski definition) is 5. The quantitative estimate of drug-likeness (QED) is 0.300. The van der Waals surface area contributed by atoms with Crippen LogP contribution in [0.2, 0.25) is 0 Å². The number of nitrogens with two attached hydrogens (primary N) is 1. The number of hydrogen-bond donors (Lipinski definition) is 2. The maximum atomic E-state index is 13.7. The van der Waals surface area contributed by atoms with Crippen molar-refractivity contribution in [3.8, 4) is 11.5 Å². The van der Waals surface area contributed by atoms with Crippen LogP contribution in [0.4, 0.5) is 14.5 Å². The SMILES string of the molecule is Cc1ccc(S(=O)[O-])cc1.Nc1cc(F)c(Oc2ccnc3[nH]cc(Br)c23)c(F)c1. The van der Waals surface area contributed by atoms with Crippen molar-refractivity contribution in [1.29, 1.82) is 0 Å². The Morgan fingerprint density at radius 1 is 1.17 bits per heavy atom. The first-order valence-electron chi connectivity index (χ1n) is 8.46. The number of nitrogens with one attached hydrogen (secondary N) is 1. The second-order valence-corrected chi connectivity index (χ2v) is 7.93. The zero-order valence-corrected chi connectivity index (χ0v) is 17.9. The maximum Gasteiger partial charge on any atom is 0.198 e. The van der Waals surface area contributed by atoms with Gasteiger partial charge in [-0.15, -0.1) is 0 Å². The summed E-state index contributed by atoms with van der Waals surface area (Å²) in [6.45, 7) is 1.91. The van der Waals surface area contributed by atoms with Gasteiger partial charge in [-0.05, 0) is 52.1 Å². The van der Waals surface area contributed by atoms with Gasteiger partial charge in [0.05, 0.1) is 5.39 Å². The summed E-state index contributed by atoms with van der Waals surface area (Å²) in [6, 6.07) is 10.2. The summed E-state index contributed by atoms with van der Waals surface area (Å²) in [6.07, 6.45) is 3.15. The summed E-state index contributed by atoms with van der Waals surface area (Å²) in [4.78, 5) is 7.34. The van der Waals surface area contributed by atoms with Gasteiger partial charge in [-0.3, -0.25) is 4.21 Å². The number of benzene rings is 2. The molecule has 0 radical (unpaired) electrons. The summed E-state index contributed by atoms with van der Waals surface area (Å²) < 4.78 is 54.1. The van der Waals surface area contributed by atoms with Crippen LogP contribution in [0, 0.1) is 18.6 Å². The van der Waals surface area contributed by atoms with Crippen molar-refractivity contribution in [3.63, 3.8) is 0 Å². The van der Waals surface area contributed by atoms with Crippen LogP contribution < -0.4 is 10.5 Å². The molecule has 0 aliphatic carbocycles. The summed E-state index contributed by atoms with van der Waals surface area (Å²) >= 11 is 1.23. The van der Waals surface area contributed by atoms with E-state index in [0.717, 1.165) is 17.7 Å². The van der Waals surface area contributed by atoms with Gasteiger partial charge < -0.3 is 20.0 Å². The Hall–Kier alpha value is -2.82. The summed E-state index contributed by atoms with van der Waals surface area (Å²) in [5, 5.41) is 0.600. The Morgan fingerprint density at radius 2 is 1.80 bits per heavy atom. The molecule has 1 atom stereocenters. The van der Waals surface area contributed by atoms with Crippen LogP contribution in [0.5, 0.6) is 11.5 Å². The molecule has 10 heteroatoms. The molecule has 0 aliphatic rings. The molecule has 0 bridgehead atoms. The number of pyridine rings is 1. The lowest BCUT2D eigenvalue weighted by atomic mass is 10.2. The van der Waals surface area contributed by atoms with Crippen molar-refractivity contribution in [2.45, 2.75) is 11.8 Å². The molecule has 0 aliphatic heterocycles. The second kappa shape index (κ2) is 9.33. The standard InChI is InChI=1S/C13H8BrF2N3O.C7H8O2S/c14-7-5-19-13-11(7)10(1-2-18-13)20-12-8(15)3-6(17)4-9(12)16;1-6-2-4-7(5-3-6)10(8)9/h1-5H,17H2,(H,18,19);2-5H,1H3,(H,8,9)/p-1. The van der Waals surface area contributed by atoms with Gasteiger partial charge in [0, 0.05) is 39.6 Å². The van der Waals surface area contributed by atoms with Crippen molar-refractivity contribution in [2.24, 2.45) is 0 Å². The van der Waals surface area contributed by atoms with E-state index in [9.17, 15) is 17.5 Å². The third kappa shape index (κ3) is 5.02. The van der Waals surface area contributed by atoms with E-state index in [0.29, 0.717) is 20.4 Å². The average molecular weight is 495 g/mol. The number of aryl methyl sites for hydroxylation is 1. The minimum atomic E-state index is -2.09. The maximum absolute atomic E-state index is 13.7. The van der Waals surface area contributed by atoms with Crippen LogP contribution >= 0.6 is 15.9 Å². The molecular weight excluding hydrogens is 480 g/mol. The first kappa shape index (κ1) is 21.9. The van der Waals surface area contributed by atoms with E-state index in [1.807, 2.05) is 6.92 Å². The van der Waals surface area contributed by atoms with E-state index in [1.54, 1.807) is 30.5 Å². The number of halogens is 3. The average Bonchev–Trinajstić information content (AvgIpc) is 3.07. The minimum absolute atomic E-state index is 0.00458. The molecule has 3 N–H and O–H groups in total. The molecule has 0 amide bonds. The molecule has 0 spiro atoms. The minimum Gasteiger partial charge on any atom is -0.768 e. The third-order valence-corrected chi connectivity index (χ3v) is 5.22. The first-order chi connectivity index (χ1) is 14.3. The van der Waals surface area contributed by atoms with Crippen LogP contribution in [0.25, 0.3) is 11.0 Å². The molecular formula is C20H15BrF2N3O3S-. The highest BCUT2D eigenvalue weighted by Gasteiger charge is 2.16. The Labute approximate surface area is 181 Å². The van der Waals surface area contributed by atoms with Gasteiger partial charge in [-0.2, -0.15) is 0 Å². The molecule has 2 aromatic carbocycles. The van der Waals surface area contributed by atoms with Crippen LogP contribution in [0.15, 0.2) is 64.2 Å². The molecule has 30 heavy (non-hydrogen) atoms. The smallest absolute Gasteiger partial charge is 0.198 e. The van der Waals surface area contributed by atoms with Crippen molar-refractivity contribution < 1.29 is 22.3 Å². The van der Waals surface area contributed by atoms with E-state index in [2.05, 4.69) is 25.9 Å². The molecule has 156 valence electrons. The highest BCUT2D eigenvalue weighted by molar-refractivity contribution is 9.10. The van der Waals surface area contributed by atoms with E-state index in [4.69, 9.17) is 10.5 Å². The normalized spacial score (nSPS) is 11.6. The van der Waals surface area contributed by atoms with Crippen molar-refractivity contribution in [1.82, 2.24) is 9.97 Å². The van der Waals surface area contributed by atoms with Gasteiger partial charge in [-0.25, -0.2) is 13.8 Å². The number of nitrogen functional groups attached to an aromatic ring is 1. The highest BCUT2D eigenvalue weighted by Crippen LogP contribution is 2.36. The van der Waals surface area contributed by atoms with Crippen LogP contribution in [-0.2, 0) is 11.1 Å².